The molecule has 3 N–H and O–H groups in total. The quantitative estimate of drug-likeness (QED) is 0.487. The van der Waals surface area contributed by atoms with Crippen molar-refractivity contribution in [2.75, 3.05) is 19.3 Å². The number of piperidine rings is 1. The van der Waals surface area contributed by atoms with Crippen molar-refractivity contribution in [2.45, 2.75) is 18.6 Å². The Bertz CT molecular complexity index is 239. The largest absolute Gasteiger partial charge is 0.390 e. The Balaban J connectivity index is 2.50. The van der Waals surface area contributed by atoms with Crippen molar-refractivity contribution in [3.8, 4) is 0 Å². The van der Waals surface area contributed by atoms with Crippen LogP contribution in [0.25, 0.3) is 0 Å². The molecule has 1 heterocycles. The van der Waals surface area contributed by atoms with Gasteiger partial charge >= 0.3 is 0 Å². The summed E-state index contributed by atoms with van der Waals surface area (Å²) >= 11 is 0. The summed E-state index contributed by atoms with van der Waals surface area (Å²) in [6.45, 7) is 1.19. The summed E-state index contributed by atoms with van der Waals surface area (Å²) in [7, 11) is -3.19. The van der Waals surface area contributed by atoms with Crippen molar-refractivity contribution in [1.29, 1.82) is 0 Å². The average molecular weight is 194 g/mol. The summed E-state index contributed by atoms with van der Waals surface area (Å²) in [5.41, 5.74) is 0. The number of rotatable bonds is 2. The molecule has 6 heteroatoms. The first-order valence-corrected chi connectivity index (χ1v) is 5.74. The van der Waals surface area contributed by atoms with Gasteiger partial charge < -0.3 is 10.4 Å². The van der Waals surface area contributed by atoms with Gasteiger partial charge in [-0.2, -0.15) is 0 Å². The number of β-amino-alcohol motifs (C(OH)–C–C–N with tert-alkyl or cyclic N) is 1. The molecule has 0 radical (unpaired) electrons. The Morgan fingerprint density at radius 2 is 2.25 bits per heavy atom. The monoisotopic (exact) mass is 194 g/mol. The van der Waals surface area contributed by atoms with Gasteiger partial charge in [0.25, 0.3) is 0 Å². The molecule has 0 amide bonds. The first-order valence-electron chi connectivity index (χ1n) is 3.85. The maximum Gasteiger partial charge on any atom is 0.209 e. The molecule has 2 atom stereocenters. The SMILES string of the molecule is CS(=O)(=O)NC1CCNCC1O. The summed E-state index contributed by atoms with van der Waals surface area (Å²) in [5.74, 6) is 0. The molecule has 0 aliphatic carbocycles. The zero-order valence-corrected chi connectivity index (χ0v) is 7.76. The van der Waals surface area contributed by atoms with Crippen molar-refractivity contribution in [2.24, 2.45) is 0 Å². The van der Waals surface area contributed by atoms with E-state index in [4.69, 9.17) is 0 Å². The van der Waals surface area contributed by atoms with Gasteiger partial charge in [0.1, 0.15) is 0 Å². The van der Waals surface area contributed by atoms with Crippen molar-refractivity contribution in [3.05, 3.63) is 0 Å². The normalized spacial score (nSPS) is 31.8. The lowest BCUT2D eigenvalue weighted by molar-refractivity contribution is 0.113. The standard InChI is InChI=1S/C6H14N2O3S/c1-12(10,11)8-5-2-3-7-4-6(5)9/h5-9H,2-4H2,1H3. The maximum atomic E-state index is 10.8. The third-order valence-corrected chi connectivity index (χ3v) is 2.55. The minimum Gasteiger partial charge on any atom is -0.390 e. The van der Waals surface area contributed by atoms with E-state index in [1.807, 2.05) is 0 Å². The van der Waals surface area contributed by atoms with Gasteiger partial charge in [0, 0.05) is 6.54 Å². The highest BCUT2D eigenvalue weighted by atomic mass is 32.2. The molecule has 2 unspecified atom stereocenters. The summed E-state index contributed by atoms with van der Waals surface area (Å²) < 4.78 is 24.0. The zero-order chi connectivity index (χ0) is 9.19. The fourth-order valence-corrected chi connectivity index (χ4v) is 2.08. The van der Waals surface area contributed by atoms with Crippen LogP contribution in [0.1, 0.15) is 6.42 Å². The molecular weight excluding hydrogens is 180 g/mol. The molecule has 1 rings (SSSR count). The molecule has 12 heavy (non-hydrogen) atoms. The Kier molecular flexibility index (Phi) is 3.05. The van der Waals surface area contributed by atoms with Gasteiger partial charge in [0.15, 0.2) is 0 Å². The van der Waals surface area contributed by atoms with Gasteiger partial charge in [0.2, 0.25) is 10.0 Å². The Hall–Kier alpha value is -0.170. The highest BCUT2D eigenvalue weighted by Gasteiger charge is 2.24. The van der Waals surface area contributed by atoms with Crippen LogP contribution in [0.5, 0.6) is 0 Å². The zero-order valence-electron chi connectivity index (χ0n) is 6.95. The second-order valence-corrected chi connectivity index (χ2v) is 4.84. The van der Waals surface area contributed by atoms with Crippen LogP contribution < -0.4 is 10.0 Å². The highest BCUT2D eigenvalue weighted by Crippen LogP contribution is 2.03. The third-order valence-electron chi connectivity index (χ3n) is 1.82. The molecule has 72 valence electrons. The summed E-state index contributed by atoms with van der Waals surface area (Å²) in [5, 5.41) is 12.3. The maximum absolute atomic E-state index is 10.8. The van der Waals surface area contributed by atoms with E-state index >= 15 is 0 Å². The van der Waals surface area contributed by atoms with E-state index in [0.717, 1.165) is 12.8 Å². The Morgan fingerprint density at radius 1 is 1.58 bits per heavy atom. The molecule has 1 aliphatic rings. The summed E-state index contributed by atoms with van der Waals surface area (Å²) in [6, 6.07) is -0.332. The molecule has 0 aromatic carbocycles. The highest BCUT2D eigenvalue weighted by molar-refractivity contribution is 7.88. The molecule has 0 bridgehead atoms. The van der Waals surface area contributed by atoms with Gasteiger partial charge in [-0.1, -0.05) is 0 Å². The van der Waals surface area contributed by atoms with E-state index < -0.39 is 16.1 Å². The molecule has 0 saturated carbocycles. The van der Waals surface area contributed by atoms with E-state index in [-0.39, 0.29) is 6.04 Å². The number of hydrogen-bond acceptors (Lipinski definition) is 4. The van der Waals surface area contributed by atoms with Crippen LogP contribution in [-0.2, 0) is 10.0 Å². The second-order valence-electron chi connectivity index (χ2n) is 3.06. The van der Waals surface area contributed by atoms with Gasteiger partial charge in [-0.15, -0.1) is 0 Å². The molecule has 5 nitrogen and oxygen atoms in total. The van der Waals surface area contributed by atoms with Crippen LogP contribution in [0.3, 0.4) is 0 Å². The molecular formula is C6H14N2O3S. The second kappa shape index (κ2) is 3.69. The van der Waals surface area contributed by atoms with Crippen molar-refractivity contribution < 1.29 is 13.5 Å². The minimum atomic E-state index is -3.19. The Morgan fingerprint density at radius 3 is 2.75 bits per heavy atom. The van der Waals surface area contributed by atoms with Gasteiger partial charge in [-0.05, 0) is 13.0 Å². The summed E-state index contributed by atoms with van der Waals surface area (Å²) in [6.07, 6.45) is 1.11. The minimum absolute atomic E-state index is 0.332. The van der Waals surface area contributed by atoms with Crippen molar-refractivity contribution in [1.82, 2.24) is 10.0 Å². The van der Waals surface area contributed by atoms with Crippen LogP contribution >= 0.6 is 0 Å². The fraction of sp³-hybridized carbons (Fsp3) is 1.00. The van der Waals surface area contributed by atoms with Gasteiger partial charge in [-0.3, -0.25) is 0 Å². The average Bonchev–Trinajstić information content (AvgIpc) is 1.91. The van der Waals surface area contributed by atoms with Gasteiger partial charge in [0.05, 0.1) is 18.4 Å². The first-order chi connectivity index (χ1) is 5.49. The number of aliphatic hydroxyl groups excluding tert-OH is 1. The third kappa shape index (κ3) is 3.06. The van der Waals surface area contributed by atoms with E-state index in [2.05, 4.69) is 10.0 Å². The van der Waals surface area contributed by atoms with E-state index in [1.54, 1.807) is 0 Å². The molecule has 0 spiro atoms. The van der Waals surface area contributed by atoms with Crippen molar-refractivity contribution in [3.63, 3.8) is 0 Å². The molecule has 1 fully saturated rings. The lowest BCUT2D eigenvalue weighted by atomic mass is 10.1. The molecule has 1 saturated heterocycles. The topological polar surface area (TPSA) is 78.4 Å². The van der Waals surface area contributed by atoms with Crippen LogP contribution in [0.2, 0.25) is 0 Å². The summed E-state index contributed by atoms with van der Waals surface area (Å²) in [4.78, 5) is 0. The van der Waals surface area contributed by atoms with Crippen LogP contribution in [-0.4, -0.2) is 45.0 Å². The van der Waals surface area contributed by atoms with Crippen molar-refractivity contribution >= 4 is 10.0 Å². The molecule has 1 aliphatic heterocycles. The predicted octanol–water partition coefficient (Wildman–Crippen LogP) is -1.74. The number of hydrogen-bond donors (Lipinski definition) is 3. The van der Waals surface area contributed by atoms with Crippen LogP contribution in [0, 0.1) is 0 Å². The van der Waals surface area contributed by atoms with Gasteiger partial charge in [-0.25, -0.2) is 13.1 Å². The van der Waals surface area contributed by atoms with Crippen LogP contribution in [0.4, 0.5) is 0 Å². The smallest absolute Gasteiger partial charge is 0.209 e. The van der Waals surface area contributed by atoms with Crippen LogP contribution in [0.15, 0.2) is 0 Å². The van der Waals surface area contributed by atoms with E-state index in [0.29, 0.717) is 13.0 Å². The predicted molar refractivity (Wildman–Crippen MR) is 45.3 cm³/mol. The number of aliphatic hydroxyl groups is 1. The number of sulfonamides is 1. The fourth-order valence-electron chi connectivity index (χ4n) is 1.25. The lowest BCUT2D eigenvalue weighted by Crippen LogP contribution is -2.52. The number of nitrogens with one attached hydrogen (secondary N) is 2. The molecule has 0 aromatic rings. The molecule has 0 aromatic heterocycles. The van der Waals surface area contributed by atoms with E-state index in [1.165, 1.54) is 0 Å². The lowest BCUT2D eigenvalue weighted by Gasteiger charge is -2.28. The first kappa shape index (κ1) is 9.91. The Labute approximate surface area is 72.2 Å². The van der Waals surface area contributed by atoms with E-state index in [9.17, 15) is 13.5 Å².